The van der Waals surface area contributed by atoms with Crippen LogP contribution in [0, 0.1) is 5.92 Å². The first-order valence-corrected chi connectivity index (χ1v) is 7.93. The van der Waals surface area contributed by atoms with Crippen LogP contribution in [0.25, 0.3) is 0 Å². The summed E-state index contributed by atoms with van der Waals surface area (Å²) < 4.78 is 0. The van der Waals surface area contributed by atoms with Gasteiger partial charge < -0.3 is 10.4 Å². The van der Waals surface area contributed by atoms with Crippen molar-refractivity contribution < 1.29 is 14.7 Å². The van der Waals surface area contributed by atoms with Crippen LogP contribution in [-0.2, 0) is 9.59 Å². The Morgan fingerprint density at radius 2 is 2.05 bits per heavy atom. The fourth-order valence-corrected chi connectivity index (χ4v) is 3.37. The Morgan fingerprint density at radius 1 is 1.42 bits per heavy atom. The Bertz CT molecular complexity index is 332. The Kier molecular flexibility index (Phi) is 6.13. The number of carboxylic acids is 1. The first-order valence-electron chi connectivity index (χ1n) is 6.78. The minimum absolute atomic E-state index is 0.0351. The molecule has 0 spiro atoms. The van der Waals surface area contributed by atoms with Gasteiger partial charge in [-0.2, -0.15) is 0 Å². The minimum Gasteiger partial charge on any atom is -0.480 e. The average Bonchev–Trinajstić information content (AvgIpc) is 3.11. The Morgan fingerprint density at radius 3 is 2.47 bits per heavy atom. The largest absolute Gasteiger partial charge is 0.480 e. The standard InChI is InChI=1S/C13H24N2O3S/c1-4-14-11(16)7-19-8-13(12(17)18,10-5-6-10)15-9(2)3/h9-10,15H,4-8H2,1-3H3,(H,14,16)(H,17,18). The predicted molar refractivity (Wildman–Crippen MR) is 77.4 cm³/mol. The fourth-order valence-electron chi connectivity index (χ4n) is 2.22. The van der Waals surface area contributed by atoms with Gasteiger partial charge in [0.2, 0.25) is 5.91 Å². The van der Waals surface area contributed by atoms with E-state index in [1.54, 1.807) is 0 Å². The molecule has 1 aliphatic rings. The number of carbonyl (C=O) groups excluding carboxylic acids is 1. The van der Waals surface area contributed by atoms with Crippen molar-refractivity contribution >= 4 is 23.6 Å². The van der Waals surface area contributed by atoms with Crippen LogP contribution in [0.4, 0.5) is 0 Å². The van der Waals surface area contributed by atoms with Crippen LogP contribution < -0.4 is 10.6 Å². The maximum atomic E-state index is 11.7. The molecule has 0 saturated heterocycles. The van der Waals surface area contributed by atoms with E-state index in [2.05, 4.69) is 10.6 Å². The van der Waals surface area contributed by atoms with Crippen LogP contribution in [0.15, 0.2) is 0 Å². The quantitative estimate of drug-likeness (QED) is 0.592. The van der Waals surface area contributed by atoms with Gasteiger partial charge in [-0.1, -0.05) is 0 Å². The van der Waals surface area contributed by atoms with E-state index in [0.29, 0.717) is 18.1 Å². The van der Waals surface area contributed by atoms with Crippen LogP contribution in [0.1, 0.15) is 33.6 Å². The van der Waals surface area contributed by atoms with Crippen molar-refractivity contribution in [3.8, 4) is 0 Å². The number of aliphatic carboxylic acids is 1. The highest BCUT2D eigenvalue weighted by atomic mass is 32.2. The van der Waals surface area contributed by atoms with E-state index in [9.17, 15) is 14.7 Å². The molecule has 3 N–H and O–H groups in total. The lowest BCUT2D eigenvalue weighted by Gasteiger charge is -2.32. The first kappa shape index (κ1) is 16.3. The highest BCUT2D eigenvalue weighted by Gasteiger charge is 2.51. The molecule has 0 aromatic rings. The van der Waals surface area contributed by atoms with E-state index in [1.165, 1.54) is 11.8 Å². The molecule has 1 aliphatic carbocycles. The van der Waals surface area contributed by atoms with Gasteiger partial charge in [0.05, 0.1) is 5.75 Å². The van der Waals surface area contributed by atoms with Crippen molar-refractivity contribution in [2.24, 2.45) is 5.92 Å². The van der Waals surface area contributed by atoms with Crippen molar-refractivity contribution in [1.82, 2.24) is 10.6 Å². The molecule has 1 rings (SSSR count). The van der Waals surface area contributed by atoms with E-state index in [-0.39, 0.29) is 17.9 Å². The summed E-state index contributed by atoms with van der Waals surface area (Å²) in [4.78, 5) is 23.1. The van der Waals surface area contributed by atoms with Gasteiger partial charge >= 0.3 is 5.97 Å². The number of amides is 1. The lowest BCUT2D eigenvalue weighted by Crippen LogP contribution is -2.58. The molecule has 0 aliphatic heterocycles. The van der Waals surface area contributed by atoms with Crippen molar-refractivity contribution in [2.75, 3.05) is 18.1 Å². The fraction of sp³-hybridized carbons (Fsp3) is 0.846. The topological polar surface area (TPSA) is 78.4 Å². The molecular formula is C13H24N2O3S. The minimum atomic E-state index is -0.884. The summed E-state index contributed by atoms with van der Waals surface area (Å²) in [5.41, 5.74) is -0.884. The smallest absolute Gasteiger partial charge is 0.325 e. The third-order valence-corrected chi connectivity index (χ3v) is 4.26. The predicted octanol–water partition coefficient (Wildman–Crippen LogP) is 1.09. The maximum Gasteiger partial charge on any atom is 0.325 e. The van der Waals surface area contributed by atoms with Gasteiger partial charge in [0.1, 0.15) is 5.54 Å². The molecule has 1 saturated carbocycles. The van der Waals surface area contributed by atoms with Gasteiger partial charge in [0, 0.05) is 18.3 Å². The molecule has 0 aromatic carbocycles. The second kappa shape index (κ2) is 7.14. The molecule has 5 nitrogen and oxygen atoms in total. The molecule has 0 heterocycles. The highest BCUT2D eigenvalue weighted by Crippen LogP contribution is 2.42. The molecule has 6 heteroatoms. The molecule has 110 valence electrons. The molecule has 19 heavy (non-hydrogen) atoms. The molecule has 0 aromatic heterocycles. The average molecular weight is 288 g/mol. The zero-order valence-corrected chi connectivity index (χ0v) is 12.7. The summed E-state index contributed by atoms with van der Waals surface area (Å²) in [5.74, 6) is 0.103. The van der Waals surface area contributed by atoms with Crippen LogP contribution >= 0.6 is 11.8 Å². The SMILES string of the molecule is CCNC(=O)CSCC(NC(C)C)(C(=O)O)C1CC1. The zero-order chi connectivity index (χ0) is 14.5. The number of nitrogens with one attached hydrogen (secondary N) is 2. The second-order valence-corrected chi connectivity index (χ2v) is 6.28. The molecular weight excluding hydrogens is 264 g/mol. The van der Waals surface area contributed by atoms with Gasteiger partial charge in [-0.3, -0.25) is 14.9 Å². The van der Waals surface area contributed by atoms with Crippen LogP contribution in [0.5, 0.6) is 0 Å². The van der Waals surface area contributed by atoms with E-state index < -0.39 is 11.5 Å². The number of carbonyl (C=O) groups is 2. The third-order valence-electron chi connectivity index (χ3n) is 3.14. The van der Waals surface area contributed by atoms with Gasteiger partial charge in [0.25, 0.3) is 0 Å². The lowest BCUT2D eigenvalue weighted by molar-refractivity contribution is -0.145. The van der Waals surface area contributed by atoms with Gasteiger partial charge in [0.15, 0.2) is 0 Å². The Balaban J connectivity index is 2.58. The maximum absolute atomic E-state index is 11.7. The molecule has 1 amide bonds. The number of thioether (sulfide) groups is 1. The Hall–Kier alpha value is -0.750. The summed E-state index contributed by atoms with van der Waals surface area (Å²) in [5, 5.41) is 15.5. The van der Waals surface area contributed by atoms with Crippen molar-refractivity contribution in [2.45, 2.75) is 45.2 Å². The van der Waals surface area contributed by atoms with Crippen molar-refractivity contribution in [1.29, 1.82) is 0 Å². The van der Waals surface area contributed by atoms with Crippen LogP contribution in [-0.4, -0.2) is 46.6 Å². The van der Waals surface area contributed by atoms with E-state index in [1.807, 2.05) is 20.8 Å². The normalized spacial score (nSPS) is 18.1. The lowest BCUT2D eigenvalue weighted by atomic mass is 9.94. The summed E-state index contributed by atoms with van der Waals surface area (Å²) in [6.07, 6.45) is 1.90. The Labute approximate surface area is 118 Å². The van der Waals surface area contributed by atoms with Crippen molar-refractivity contribution in [3.63, 3.8) is 0 Å². The van der Waals surface area contributed by atoms with Gasteiger partial charge in [-0.25, -0.2) is 0 Å². The summed E-state index contributed by atoms with van der Waals surface area (Å²) in [6, 6.07) is 0.113. The van der Waals surface area contributed by atoms with Crippen molar-refractivity contribution in [3.05, 3.63) is 0 Å². The highest BCUT2D eigenvalue weighted by molar-refractivity contribution is 8.00. The molecule has 1 unspecified atom stereocenters. The number of carboxylic acid groups (broad SMARTS) is 1. The molecule has 1 atom stereocenters. The van der Waals surface area contributed by atoms with E-state index in [0.717, 1.165) is 12.8 Å². The van der Waals surface area contributed by atoms with Crippen LogP contribution in [0.2, 0.25) is 0 Å². The first-order chi connectivity index (χ1) is 8.92. The number of hydrogen-bond donors (Lipinski definition) is 3. The number of hydrogen-bond acceptors (Lipinski definition) is 4. The van der Waals surface area contributed by atoms with E-state index in [4.69, 9.17) is 0 Å². The molecule has 1 fully saturated rings. The van der Waals surface area contributed by atoms with E-state index >= 15 is 0 Å². The monoisotopic (exact) mass is 288 g/mol. The molecule has 0 bridgehead atoms. The molecule has 0 radical (unpaired) electrons. The summed E-state index contributed by atoms with van der Waals surface area (Å²) in [7, 11) is 0. The van der Waals surface area contributed by atoms with Crippen LogP contribution in [0.3, 0.4) is 0 Å². The van der Waals surface area contributed by atoms with Gasteiger partial charge in [-0.05, 0) is 39.5 Å². The zero-order valence-electron chi connectivity index (χ0n) is 11.9. The summed E-state index contributed by atoms with van der Waals surface area (Å²) >= 11 is 1.39. The second-order valence-electron chi connectivity index (χ2n) is 5.30. The third kappa shape index (κ3) is 4.69. The number of rotatable bonds is 9. The van der Waals surface area contributed by atoms with Gasteiger partial charge in [-0.15, -0.1) is 11.8 Å². The summed E-state index contributed by atoms with van der Waals surface area (Å²) in [6.45, 7) is 6.38.